The fraction of sp³-hybridized carbons (Fsp3) is 0.278. The van der Waals surface area contributed by atoms with E-state index >= 15 is 0 Å². The van der Waals surface area contributed by atoms with Crippen LogP contribution in [0.4, 0.5) is 11.4 Å². The second-order valence-electron chi connectivity index (χ2n) is 6.08. The fourth-order valence-electron chi connectivity index (χ4n) is 3.15. The molecule has 1 amide bonds. The summed E-state index contributed by atoms with van der Waals surface area (Å²) in [7, 11) is -3.68. The van der Waals surface area contributed by atoms with Crippen molar-refractivity contribution in [2.24, 2.45) is 0 Å². The first-order valence-electron chi connectivity index (χ1n) is 7.80. The van der Waals surface area contributed by atoms with Gasteiger partial charge < -0.3 is 4.90 Å². The van der Waals surface area contributed by atoms with Crippen molar-refractivity contribution in [2.75, 3.05) is 15.7 Å². The van der Waals surface area contributed by atoms with Crippen LogP contribution in [0.5, 0.6) is 0 Å². The highest BCUT2D eigenvalue weighted by atomic mass is 32.2. The van der Waals surface area contributed by atoms with Crippen LogP contribution < -0.4 is 9.21 Å². The van der Waals surface area contributed by atoms with E-state index in [2.05, 4.69) is 0 Å². The molecule has 5 nitrogen and oxygen atoms in total. The summed E-state index contributed by atoms with van der Waals surface area (Å²) in [6, 6.07) is 13.8. The Hall–Kier alpha value is -2.34. The van der Waals surface area contributed by atoms with E-state index in [9.17, 15) is 13.2 Å². The van der Waals surface area contributed by atoms with Gasteiger partial charge in [0.25, 0.3) is 10.0 Å². The Bertz CT molecular complexity index is 893. The third-order valence-electron chi connectivity index (χ3n) is 4.20. The molecule has 0 fully saturated rings. The Kier molecular flexibility index (Phi) is 4.09. The van der Waals surface area contributed by atoms with E-state index in [4.69, 9.17) is 0 Å². The number of hydrogen-bond acceptors (Lipinski definition) is 3. The largest absolute Gasteiger partial charge is 0.306 e. The van der Waals surface area contributed by atoms with E-state index in [0.717, 1.165) is 5.56 Å². The highest BCUT2D eigenvalue weighted by Crippen LogP contribution is 2.38. The zero-order valence-corrected chi connectivity index (χ0v) is 14.7. The number of benzene rings is 2. The van der Waals surface area contributed by atoms with Crippen LogP contribution in [0, 0.1) is 6.92 Å². The van der Waals surface area contributed by atoms with Gasteiger partial charge in [0, 0.05) is 6.92 Å². The summed E-state index contributed by atoms with van der Waals surface area (Å²) in [5, 5.41) is 0. The number of para-hydroxylation sites is 2. The SMILES string of the molecule is CC(=O)N1c2ccccc2N(S(=O)(=O)c2cccc(C)c2)C[C@@H]1C. The molecule has 126 valence electrons. The van der Waals surface area contributed by atoms with Gasteiger partial charge in [-0.15, -0.1) is 0 Å². The molecule has 0 radical (unpaired) electrons. The van der Waals surface area contributed by atoms with Gasteiger partial charge in [-0.2, -0.15) is 0 Å². The standard InChI is InChI=1S/C18H20N2O3S/c1-13-7-6-8-16(11-13)24(22,23)19-12-14(2)20(15(3)21)18-10-5-4-9-17(18)19/h4-11,14H,12H2,1-3H3/t14-/m0/s1. The molecule has 0 N–H and O–H groups in total. The van der Waals surface area contributed by atoms with Crippen LogP contribution in [-0.2, 0) is 14.8 Å². The van der Waals surface area contributed by atoms with Gasteiger partial charge in [-0.3, -0.25) is 9.10 Å². The van der Waals surface area contributed by atoms with E-state index in [0.29, 0.717) is 11.4 Å². The molecular formula is C18H20N2O3S. The third-order valence-corrected chi connectivity index (χ3v) is 5.97. The van der Waals surface area contributed by atoms with Crippen LogP contribution in [-0.4, -0.2) is 26.9 Å². The summed E-state index contributed by atoms with van der Waals surface area (Å²) in [5.41, 5.74) is 2.05. The van der Waals surface area contributed by atoms with Crippen molar-refractivity contribution >= 4 is 27.3 Å². The highest BCUT2D eigenvalue weighted by Gasteiger charge is 2.36. The summed E-state index contributed by atoms with van der Waals surface area (Å²) in [6.07, 6.45) is 0. The first kappa shape index (κ1) is 16.5. The van der Waals surface area contributed by atoms with E-state index in [1.165, 1.54) is 11.2 Å². The molecule has 0 unspecified atom stereocenters. The molecule has 1 aliphatic rings. The molecule has 0 bridgehead atoms. The zero-order valence-electron chi connectivity index (χ0n) is 13.9. The van der Waals surface area contributed by atoms with Crippen molar-refractivity contribution in [1.82, 2.24) is 0 Å². The monoisotopic (exact) mass is 344 g/mol. The number of sulfonamides is 1. The smallest absolute Gasteiger partial charge is 0.264 e. The Morgan fingerprint density at radius 3 is 2.38 bits per heavy atom. The van der Waals surface area contributed by atoms with Crippen LogP contribution in [0.3, 0.4) is 0 Å². The van der Waals surface area contributed by atoms with Crippen LogP contribution in [0.25, 0.3) is 0 Å². The molecule has 1 aliphatic heterocycles. The third kappa shape index (κ3) is 2.67. The number of rotatable bonds is 2. The number of anilines is 2. The molecule has 6 heteroatoms. The van der Waals surface area contributed by atoms with Gasteiger partial charge in [0.2, 0.25) is 5.91 Å². The summed E-state index contributed by atoms with van der Waals surface area (Å²) in [6.45, 7) is 5.45. The number of amides is 1. The van der Waals surface area contributed by atoms with Crippen molar-refractivity contribution in [3.63, 3.8) is 0 Å². The maximum atomic E-state index is 13.1. The number of fused-ring (bicyclic) bond motifs is 1. The lowest BCUT2D eigenvalue weighted by molar-refractivity contribution is -0.117. The summed E-state index contributed by atoms with van der Waals surface area (Å²) in [5.74, 6) is -0.0949. The van der Waals surface area contributed by atoms with Gasteiger partial charge in [-0.1, -0.05) is 24.3 Å². The summed E-state index contributed by atoms with van der Waals surface area (Å²) >= 11 is 0. The predicted molar refractivity (Wildman–Crippen MR) is 94.8 cm³/mol. The maximum Gasteiger partial charge on any atom is 0.264 e. The van der Waals surface area contributed by atoms with E-state index < -0.39 is 10.0 Å². The van der Waals surface area contributed by atoms with Crippen molar-refractivity contribution in [3.8, 4) is 0 Å². The first-order valence-corrected chi connectivity index (χ1v) is 9.24. The van der Waals surface area contributed by atoms with Gasteiger partial charge in [-0.25, -0.2) is 8.42 Å². The summed E-state index contributed by atoms with van der Waals surface area (Å²) < 4.78 is 27.7. The van der Waals surface area contributed by atoms with Crippen LogP contribution in [0.2, 0.25) is 0 Å². The van der Waals surface area contributed by atoms with Gasteiger partial charge in [0.15, 0.2) is 0 Å². The molecule has 1 atom stereocenters. The topological polar surface area (TPSA) is 57.7 Å². The van der Waals surface area contributed by atoms with Crippen LogP contribution >= 0.6 is 0 Å². The summed E-state index contributed by atoms with van der Waals surface area (Å²) in [4.78, 5) is 13.9. The zero-order chi connectivity index (χ0) is 17.5. The number of aryl methyl sites for hydroxylation is 1. The Balaban J connectivity index is 2.15. The van der Waals surface area contributed by atoms with Crippen molar-refractivity contribution in [3.05, 3.63) is 54.1 Å². The second-order valence-corrected chi connectivity index (χ2v) is 7.94. The number of carbonyl (C=O) groups is 1. The minimum atomic E-state index is -3.68. The van der Waals surface area contributed by atoms with Crippen molar-refractivity contribution < 1.29 is 13.2 Å². The lowest BCUT2D eigenvalue weighted by Gasteiger charge is -2.40. The predicted octanol–water partition coefficient (Wildman–Crippen LogP) is 2.95. The van der Waals surface area contributed by atoms with E-state index in [-0.39, 0.29) is 23.4 Å². The molecule has 0 saturated heterocycles. The molecule has 0 spiro atoms. The highest BCUT2D eigenvalue weighted by molar-refractivity contribution is 7.92. The number of nitrogens with zero attached hydrogens (tertiary/aromatic N) is 2. The van der Waals surface area contributed by atoms with Gasteiger partial charge >= 0.3 is 0 Å². The van der Waals surface area contributed by atoms with Crippen LogP contribution in [0.1, 0.15) is 19.4 Å². The average molecular weight is 344 g/mol. The molecule has 0 saturated carbocycles. The minimum Gasteiger partial charge on any atom is -0.306 e. The number of carbonyl (C=O) groups excluding carboxylic acids is 1. The van der Waals surface area contributed by atoms with E-state index in [1.807, 2.05) is 26.0 Å². The maximum absolute atomic E-state index is 13.1. The van der Waals surface area contributed by atoms with Crippen molar-refractivity contribution in [1.29, 1.82) is 0 Å². The normalized spacial score (nSPS) is 17.5. The molecule has 0 aliphatic carbocycles. The average Bonchev–Trinajstić information content (AvgIpc) is 2.53. The molecule has 2 aromatic carbocycles. The fourth-order valence-corrected chi connectivity index (χ4v) is 4.81. The van der Waals surface area contributed by atoms with Gasteiger partial charge in [0.05, 0.1) is 28.9 Å². The Labute approximate surface area is 142 Å². The Morgan fingerprint density at radius 1 is 1.08 bits per heavy atom. The van der Waals surface area contributed by atoms with Crippen molar-refractivity contribution in [2.45, 2.75) is 31.7 Å². The molecule has 0 aromatic heterocycles. The Morgan fingerprint density at radius 2 is 1.75 bits per heavy atom. The molecule has 1 heterocycles. The lowest BCUT2D eigenvalue weighted by Crippen LogP contribution is -2.51. The quantitative estimate of drug-likeness (QED) is 0.842. The molecule has 2 aromatic rings. The molecule has 24 heavy (non-hydrogen) atoms. The van der Waals surface area contributed by atoms with Crippen LogP contribution in [0.15, 0.2) is 53.4 Å². The lowest BCUT2D eigenvalue weighted by atomic mass is 10.1. The minimum absolute atomic E-state index is 0.0949. The van der Waals surface area contributed by atoms with Gasteiger partial charge in [0.1, 0.15) is 0 Å². The van der Waals surface area contributed by atoms with Gasteiger partial charge in [-0.05, 0) is 43.7 Å². The molecule has 3 rings (SSSR count). The first-order chi connectivity index (χ1) is 11.3. The second kappa shape index (κ2) is 5.94. The molecular weight excluding hydrogens is 324 g/mol. The van der Waals surface area contributed by atoms with E-state index in [1.54, 1.807) is 41.3 Å². The number of hydrogen-bond donors (Lipinski definition) is 0.